The van der Waals surface area contributed by atoms with Crippen LogP contribution in [0.4, 0.5) is 0 Å². The minimum Gasteiger partial charge on any atom is -0.381 e. The van der Waals surface area contributed by atoms with E-state index in [0.29, 0.717) is 17.9 Å². The van der Waals surface area contributed by atoms with Gasteiger partial charge in [0.15, 0.2) is 0 Å². The third-order valence-electron chi connectivity index (χ3n) is 3.40. The number of hydrogen-bond acceptors (Lipinski definition) is 3. The number of rotatable bonds is 1. The maximum Gasteiger partial charge on any atom is 0.135 e. The van der Waals surface area contributed by atoms with E-state index in [1.807, 2.05) is 0 Å². The fourth-order valence-electron chi connectivity index (χ4n) is 2.58. The molecule has 0 spiro atoms. The summed E-state index contributed by atoms with van der Waals surface area (Å²) in [6.07, 6.45) is 3.77. The lowest BCUT2D eigenvalue weighted by Crippen LogP contribution is -2.49. The van der Waals surface area contributed by atoms with E-state index >= 15 is 0 Å². The molecule has 0 aromatic carbocycles. The molecule has 2 fully saturated rings. The van der Waals surface area contributed by atoms with Crippen LogP contribution in [0, 0.1) is 0 Å². The molecule has 0 radical (unpaired) electrons. The van der Waals surface area contributed by atoms with Gasteiger partial charge < -0.3 is 4.74 Å². The van der Waals surface area contributed by atoms with Gasteiger partial charge in [0.2, 0.25) is 0 Å². The fourth-order valence-corrected chi connectivity index (χ4v) is 2.58. The van der Waals surface area contributed by atoms with Gasteiger partial charge in [0.25, 0.3) is 0 Å². The third kappa shape index (κ3) is 2.15. The molecular formula is C11H19NO2. The molecular weight excluding hydrogens is 178 g/mol. The summed E-state index contributed by atoms with van der Waals surface area (Å²) in [4.78, 5) is 13.8. The first-order chi connectivity index (χ1) is 6.77. The standard InChI is InChI=1S/C11H19NO2/c1-9-8-11(13)2-5-12(9)10-3-6-14-7-4-10/h9-10H,2-8H2,1H3. The predicted molar refractivity (Wildman–Crippen MR) is 54.3 cm³/mol. The van der Waals surface area contributed by atoms with Crippen molar-refractivity contribution in [1.82, 2.24) is 4.90 Å². The second-order valence-corrected chi connectivity index (χ2v) is 4.42. The van der Waals surface area contributed by atoms with E-state index in [9.17, 15) is 4.79 Å². The Bertz CT molecular complexity index is 211. The second kappa shape index (κ2) is 4.41. The third-order valence-corrected chi connectivity index (χ3v) is 3.40. The van der Waals surface area contributed by atoms with Crippen molar-refractivity contribution < 1.29 is 9.53 Å². The van der Waals surface area contributed by atoms with E-state index in [1.165, 1.54) is 0 Å². The van der Waals surface area contributed by atoms with Crippen LogP contribution in [-0.2, 0) is 9.53 Å². The molecule has 1 unspecified atom stereocenters. The van der Waals surface area contributed by atoms with Gasteiger partial charge in [-0.05, 0) is 19.8 Å². The summed E-state index contributed by atoms with van der Waals surface area (Å²) in [6.45, 7) is 4.92. The number of ether oxygens (including phenoxy) is 1. The summed E-state index contributed by atoms with van der Waals surface area (Å²) in [5.74, 6) is 0.431. The van der Waals surface area contributed by atoms with Crippen molar-refractivity contribution in [1.29, 1.82) is 0 Å². The molecule has 0 amide bonds. The van der Waals surface area contributed by atoms with Crippen LogP contribution in [0.25, 0.3) is 0 Å². The van der Waals surface area contributed by atoms with Crippen LogP contribution >= 0.6 is 0 Å². The Morgan fingerprint density at radius 3 is 2.71 bits per heavy atom. The minimum atomic E-state index is 0.431. The minimum absolute atomic E-state index is 0.431. The first kappa shape index (κ1) is 10.1. The van der Waals surface area contributed by atoms with Crippen LogP contribution in [0.1, 0.15) is 32.6 Å². The van der Waals surface area contributed by atoms with Crippen LogP contribution in [0.15, 0.2) is 0 Å². The van der Waals surface area contributed by atoms with Gasteiger partial charge in [-0.1, -0.05) is 0 Å². The monoisotopic (exact) mass is 197 g/mol. The molecule has 3 nitrogen and oxygen atoms in total. The molecule has 0 aromatic heterocycles. The highest BCUT2D eigenvalue weighted by Crippen LogP contribution is 2.22. The van der Waals surface area contributed by atoms with Crippen molar-refractivity contribution >= 4 is 5.78 Å². The molecule has 14 heavy (non-hydrogen) atoms. The van der Waals surface area contributed by atoms with E-state index in [4.69, 9.17) is 4.74 Å². The number of likely N-dealkylation sites (tertiary alicyclic amines) is 1. The Labute approximate surface area is 85.4 Å². The van der Waals surface area contributed by atoms with Crippen LogP contribution in [0.3, 0.4) is 0 Å². The Morgan fingerprint density at radius 1 is 1.36 bits per heavy atom. The number of carbonyl (C=O) groups is 1. The zero-order valence-electron chi connectivity index (χ0n) is 8.87. The first-order valence-corrected chi connectivity index (χ1v) is 5.62. The van der Waals surface area contributed by atoms with Gasteiger partial charge in [0.05, 0.1) is 0 Å². The largest absolute Gasteiger partial charge is 0.381 e. The summed E-state index contributed by atoms with van der Waals surface area (Å²) in [6, 6.07) is 1.10. The first-order valence-electron chi connectivity index (χ1n) is 5.62. The lowest BCUT2D eigenvalue weighted by atomic mass is 9.97. The van der Waals surface area contributed by atoms with Gasteiger partial charge in [0.1, 0.15) is 5.78 Å². The molecule has 2 heterocycles. The van der Waals surface area contributed by atoms with Gasteiger partial charge in [0, 0.05) is 44.7 Å². The average Bonchev–Trinajstić information content (AvgIpc) is 2.19. The average molecular weight is 197 g/mol. The van der Waals surface area contributed by atoms with E-state index in [0.717, 1.165) is 45.4 Å². The van der Waals surface area contributed by atoms with Crippen molar-refractivity contribution in [2.24, 2.45) is 0 Å². The molecule has 2 aliphatic heterocycles. The topological polar surface area (TPSA) is 29.5 Å². The van der Waals surface area contributed by atoms with Crippen LogP contribution < -0.4 is 0 Å². The maximum absolute atomic E-state index is 11.3. The summed E-state index contributed by atoms with van der Waals surface area (Å²) >= 11 is 0. The van der Waals surface area contributed by atoms with Crippen LogP contribution in [-0.4, -0.2) is 42.5 Å². The Morgan fingerprint density at radius 2 is 2.07 bits per heavy atom. The molecule has 0 N–H and O–H groups in total. The lowest BCUT2D eigenvalue weighted by Gasteiger charge is -2.40. The number of Topliss-reactive ketones (excluding diaryl/α,β-unsaturated/α-hetero) is 1. The number of ketones is 1. The number of piperidine rings is 1. The molecule has 1 atom stereocenters. The van der Waals surface area contributed by atoms with Gasteiger partial charge in [-0.2, -0.15) is 0 Å². The highest BCUT2D eigenvalue weighted by atomic mass is 16.5. The van der Waals surface area contributed by atoms with E-state index in [-0.39, 0.29) is 0 Å². The summed E-state index contributed by atoms with van der Waals surface area (Å²) in [5.41, 5.74) is 0. The Kier molecular flexibility index (Phi) is 3.19. The highest BCUT2D eigenvalue weighted by Gasteiger charge is 2.30. The normalized spacial score (nSPS) is 32.1. The van der Waals surface area contributed by atoms with E-state index in [2.05, 4.69) is 11.8 Å². The van der Waals surface area contributed by atoms with Gasteiger partial charge in [-0.15, -0.1) is 0 Å². The molecule has 0 aliphatic carbocycles. The smallest absolute Gasteiger partial charge is 0.135 e. The molecule has 2 aliphatic rings. The van der Waals surface area contributed by atoms with E-state index < -0.39 is 0 Å². The molecule has 0 saturated carbocycles. The molecule has 3 heteroatoms. The van der Waals surface area contributed by atoms with Gasteiger partial charge in [-0.3, -0.25) is 9.69 Å². The number of carbonyl (C=O) groups excluding carboxylic acids is 1. The van der Waals surface area contributed by atoms with E-state index in [1.54, 1.807) is 0 Å². The van der Waals surface area contributed by atoms with Crippen LogP contribution in [0.5, 0.6) is 0 Å². The fraction of sp³-hybridized carbons (Fsp3) is 0.909. The van der Waals surface area contributed by atoms with Crippen molar-refractivity contribution in [3.8, 4) is 0 Å². The zero-order valence-corrected chi connectivity index (χ0v) is 8.87. The zero-order chi connectivity index (χ0) is 9.97. The Balaban J connectivity index is 1.92. The van der Waals surface area contributed by atoms with Crippen molar-refractivity contribution in [2.45, 2.75) is 44.7 Å². The molecule has 0 bridgehead atoms. The lowest BCUT2D eigenvalue weighted by molar-refractivity contribution is -0.124. The molecule has 80 valence electrons. The summed E-state index contributed by atoms with van der Waals surface area (Å²) in [5, 5.41) is 0. The van der Waals surface area contributed by atoms with Crippen LogP contribution in [0.2, 0.25) is 0 Å². The van der Waals surface area contributed by atoms with Crippen molar-refractivity contribution in [2.75, 3.05) is 19.8 Å². The SMILES string of the molecule is CC1CC(=O)CCN1C1CCOCC1. The van der Waals surface area contributed by atoms with Crippen molar-refractivity contribution in [3.63, 3.8) is 0 Å². The second-order valence-electron chi connectivity index (χ2n) is 4.42. The summed E-state index contributed by atoms with van der Waals surface area (Å²) < 4.78 is 5.35. The predicted octanol–water partition coefficient (Wildman–Crippen LogP) is 1.22. The number of nitrogens with zero attached hydrogens (tertiary/aromatic N) is 1. The molecule has 0 aromatic rings. The summed E-state index contributed by atoms with van der Waals surface area (Å²) in [7, 11) is 0. The van der Waals surface area contributed by atoms with Gasteiger partial charge in [-0.25, -0.2) is 0 Å². The maximum atomic E-state index is 11.3. The quantitative estimate of drug-likeness (QED) is 0.633. The molecule has 2 saturated heterocycles. The number of hydrogen-bond donors (Lipinski definition) is 0. The Hall–Kier alpha value is -0.410. The highest BCUT2D eigenvalue weighted by molar-refractivity contribution is 5.79. The van der Waals surface area contributed by atoms with Crippen molar-refractivity contribution in [3.05, 3.63) is 0 Å². The molecule has 2 rings (SSSR count). The van der Waals surface area contributed by atoms with Gasteiger partial charge >= 0.3 is 0 Å².